The third-order valence-corrected chi connectivity index (χ3v) is 3.20. The van der Waals surface area contributed by atoms with Crippen LogP contribution >= 0.6 is 11.3 Å². The molecule has 0 amide bonds. The molecule has 0 spiro atoms. The number of ketones is 1. The highest BCUT2D eigenvalue weighted by atomic mass is 32.1. The number of allylic oxidation sites excluding steroid dienone is 1. The zero-order chi connectivity index (χ0) is 11.5. The number of rotatable bonds is 3. The maximum Gasteiger partial charge on any atom is 0.203 e. The molecule has 0 saturated heterocycles. The predicted molar refractivity (Wildman–Crippen MR) is 65.6 cm³/mol. The molecule has 0 atom stereocenters. The van der Waals surface area contributed by atoms with Gasteiger partial charge in [0.1, 0.15) is 5.69 Å². The lowest BCUT2D eigenvalue weighted by atomic mass is 10.2. The molecule has 0 saturated carbocycles. The summed E-state index contributed by atoms with van der Waals surface area (Å²) >= 11 is 1.67. The van der Waals surface area contributed by atoms with Crippen LogP contribution in [0, 0.1) is 6.92 Å². The van der Waals surface area contributed by atoms with E-state index in [0.29, 0.717) is 5.69 Å². The van der Waals surface area contributed by atoms with Crippen molar-refractivity contribution in [3.05, 3.63) is 45.9 Å². The monoisotopic (exact) mass is 232 g/mol. The van der Waals surface area contributed by atoms with Crippen LogP contribution in [-0.4, -0.2) is 15.6 Å². The standard InChI is InChI=1S/C12H12N2OS/c1-9-3-4-10(16-9)5-6-12(15)11-7-8-13-14(11)2/h3-8H,1-2H3/b6-5+. The number of carbonyl (C=O) groups excluding carboxylic acids is 1. The Hall–Kier alpha value is -1.68. The first-order chi connectivity index (χ1) is 7.66. The van der Waals surface area contributed by atoms with Gasteiger partial charge in [-0.05, 0) is 37.3 Å². The van der Waals surface area contributed by atoms with E-state index in [-0.39, 0.29) is 5.78 Å². The van der Waals surface area contributed by atoms with E-state index in [9.17, 15) is 4.79 Å². The Bertz CT molecular complexity index is 537. The topological polar surface area (TPSA) is 34.9 Å². The Kier molecular flexibility index (Phi) is 3.01. The highest BCUT2D eigenvalue weighted by molar-refractivity contribution is 7.12. The van der Waals surface area contributed by atoms with Crippen molar-refractivity contribution in [3.8, 4) is 0 Å². The largest absolute Gasteiger partial charge is 0.288 e. The van der Waals surface area contributed by atoms with Crippen molar-refractivity contribution in [1.82, 2.24) is 9.78 Å². The van der Waals surface area contributed by atoms with Gasteiger partial charge in [0, 0.05) is 23.0 Å². The summed E-state index contributed by atoms with van der Waals surface area (Å²) in [5.74, 6) is -0.0222. The molecule has 82 valence electrons. The van der Waals surface area contributed by atoms with Crippen molar-refractivity contribution in [1.29, 1.82) is 0 Å². The van der Waals surface area contributed by atoms with Gasteiger partial charge < -0.3 is 0 Å². The second-order valence-corrected chi connectivity index (χ2v) is 4.81. The smallest absolute Gasteiger partial charge is 0.203 e. The Morgan fingerprint density at radius 2 is 2.25 bits per heavy atom. The summed E-state index contributed by atoms with van der Waals surface area (Å²) in [6, 6.07) is 5.76. The number of aromatic nitrogens is 2. The highest BCUT2D eigenvalue weighted by Gasteiger charge is 2.05. The molecule has 2 aromatic rings. The normalized spacial score (nSPS) is 11.1. The van der Waals surface area contributed by atoms with E-state index in [2.05, 4.69) is 5.10 Å². The van der Waals surface area contributed by atoms with E-state index >= 15 is 0 Å². The lowest BCUT2D eigenvalue weighted by molar-refractivity contribution is 0.103. The Balaban J connectivity index is 2.14. The maximum atomic E-state index is 11.8. The Labute approximate surface area is 98.0 Å². The average Bonchev–Trinajstić information content (AvgIpc) is 2.84. The van der Waals surface area contributed by atoms with Crippen LogP contribution in [-0.2, 0) is 7.05 Å². The zero-order valence-electron chi connectivity index (χ0n) is 9.18. The fraction of sp³-hybridized carbons (Fsp3) is 0.167. The molecule has 0 aliphatic carbocycles. The minimum absolute atomic E-state index is 0.0222. The SMILES string of the molecule is Cc1ccc(/C=C/C(=O)c2ccnn2C)s1. The van der Waals surface area contributed by atoms with Crippen molar-refractivity contribution in [2.45, 2.75) is 6.92 Å². The van der Waals surface area contributed by atoms with E-state index in [4.69, 9.17) is 0 Å². The van der Waals surface area contributed by atoms with Crippen LogP contribution in [0.15, 0.2) is 30.5 Å². The average molecular weight is 232 g/mol. The van der Waals surface area contributed by atoms with Crippen LogP contribution < -0.4 is 0 Å². The van der Waals surface area contributed by atoms with Gasteiger partial charge in [0.25, 0.3) is 0 Å². The van der Waals surface area contributed by atoms with Gasteiger partial charge in [-0.1, -0.05) is 0 Å². The number of thiophene rings is 1. The lowest BCUT2D eigenvalue weighted by Gasteiger charge is -1.94. The third kappa shape index (κ3) is 2.28. The summed E-state index contributed by atoms with van der Waals surface area (Å²) in [5.41, 5.74) is 0.601. The molecule has 0 bridgehead atoms. The Morgan fingerprint density at radius 3 is 2.81 bits per heavy atom. The number of carbonyl (C=O) groups is 1. The highest BCUT2D eigenvalue weighted by Crippen LogP contribution is 2.16. The summed E-state index contributed by atoms with van der Waals surface area (Å²) in [6.07, 6.45) is 5.05. The van der Waals surface area contributed by atoms with Crippen molar-refractivity contribution in [3.63, 3.8) is 0 Å². The molecule has 3 nitrogen and oxygen atoms in total. The molecular weight excluding hydrogens is 220 g/mol. The van der Waals surface area contributed by atoms with E-state index in [1.165, 1.54) is 4.88 Å². The van der Waals surface area contributed by atoms with Crippen LogP contribution in [0.4, 0.5) is 0 Å². The van der Waals surface area contributed by atoms with Crippen LogP contribution in [0.3, 0.4) is 0 Å². The number of aryl methyl sites for hydroxylation is 2. The van der Waals surface area contributed by atoms with Crippen molar-refractivity contribution in [2.24, 2.45) is 7.05 Å². The van der Waals surface area contributed by atoms with Crippen LogP contribution in [0.1, 0.15) is 20.2 Å². The minimum atomic E-state index is -0.0222. The molecule has 16 heavy (non-hydrogen) atoms. The van der Waals surface area contributed by atoms with Crippen molar-refractivity contribution in [2.75, 3.05) is 0 Å². The van der Waals surface area contributed by atoms with Crippen molar-refractivity contribution >= 4 is 23.2 Å². The molecule has 2 heterocycles. The van der Waals surface area contributed by atoms with Gasteiger partial charge in [0.15, 0.2) is 0 Å². The number of hydrogen-bond donors (Lipinski definition) is 0. The molecule has 0 radical (unpaired) electrons. The van der Waals surface area contributed by atoms with E-state index < -0.39 is 0 Å². The molecule has 0 aliphatic rings. The van der Waals surface area contributed by atoms with Gasteiger partial charge in [-0.25, -0.2) is 0 Å². The second kappa shape index (κ2) is 4.45. The van der Waals surface area contributed by atoms with Gasteiger partial charge in [0.05, 0.1) is 0 Å². The molecule has 0 aromatic carbocycles. The number of nitrogens with zero attached hydrogens (tertiary/aromatic N) is 2. The van der Waals surface area contributed by atoms with Gasteiger partial charge in [-0.15, -0.1) is 11.3 Å². The van der Waals surface area contributed by atoms with Crippen LogP contribution in [0.5, 0.6) is 0 Å². The van der Waals surface area contributed by atoms with Gasteiger partial charge in [-0.3, -0.25) is 9.48 Å². The van der Waals surface area contributed by atoms with E-state index in [1.54, 1.807) is 41.4 Å². The zero-order valence-corrected chi connectivity index (χ0v) is 9.99. The predicted octanol–water partition coefficient (Wildman–Crippen LogP) is 2.69. The molecule has 4 heteroatoms. The first kappa shape index (κ1) is 10.8. The molecule has 2 aromatic heterocycles. The summed E-state index contributed by atoms with van der Waals surface area (Å²) < 4.78 is 1.58. The van der Waals surface area contributed by atoms with Crippen LogP contribution in [0.25, 0.3) is 6.08 Å². The van der Waals surface area contributed by atoms with Crippen molar-refractivity contribution < 1.29 is 4.79 Å². The summed E-state index contributed by atoms with van der Waals surface area (Å²) in [5, 5.41) is 3.96. The first-order valence-electron chi connectivity index (χ1n) is 4.93. The molecular formula is C12H12N2OS. The van der Waals surface area contributed by atoms with E-state index in [0.717, 1.165) is 4.88 Å². The fourth-order valence-electron chi connectivity index (χ4n) is 1.40. The van der Waals surface area contributed by atoms with Gasteiger partial charge in [-0.2, -0.15) is 5.10 Å². The lowest BCUT2D eigenvalue weighted by Crippen LogP contribution is -2.03. The minimum Gasteiger partial charge on any atom is -0.288 e. The molecule has 0 N–H and O–H groups in total. The van der Waals surface area contributed by atoms with Gasteiger partial charge in [0.2, 0.25) is 5.78 Å². The first-order valence-corrected chi connectivity index (χ1v) is 5.75. The quantitative estimate of drug-likeness (QED) is 0.602. The fourth-order valence-corrected chi connectivity index (χ4v) is 2.18. The summed E-state index contributed by atoms with van der Waals surface area (Å²) in [7, 11) is 1.76. The Morgan fingerprint density at radius 1 is 1.44 bits per heavy atom. The summed E-state index contributed by atoms with van der Waals surface area (Å²) in [6.45, 7) is 2.05. The van der Waals surface area contributed by atoms with Gasteiger partial charge >= 0.3 is 0 Å². The molecule has 0 aliphatic heterocycles. The summed E-state index contributed by atoms with van der Waals surface area (Å²) in [4.78, 5) is 14.1. The van der Waals surface area contributed by atoms with Crippen LogP contribution in [0.2, 0.25) is 0 Å². The maximum absolute atomic E-state index is 11.8. The third-order valence-electron chi connectivity index (χ3n) is 2.23. The second-order valence-electron chi connectivity index (χ2n) is 3.49. The molecule has 2 rings (SSSR count). The van der Waals surface area contributed by atoms with E-state index in [1.807, 2.05) is 25.1 Å². The molecule has 0 fully saturated rings. The molecule has 0 unspecified atom stereocenters. The number of hydrogen-bond acceptors (Lipinski definition) is 3.